The van der Waals surface area contributed by atoms with Crippen LogP contribution in [0.1, 0.15) is 12.5 Å². The highest BCUT2D eigenvalue weighted by Gasteiger charge is 2.27. The van der Waals surface area contributed by atoms with E-state index < -0.39 is 0 Å². The monoisotopic (exact) mass is 256 g/mol. The Hall–Kier alpha value is -0.610. The molecule has 0 aliphatic carbocycles. The van der Waals surface area contributed by atoms with Crippen LogP contribution in [0.15, 0.2) is 24.3 Å². The van der Waals surface area contributed by atoms with Crippen LogP contribution in [0.2, 0.25) is 5.02 Å². The Bertz CT molecular complexity index is 359. The lowest BCUT2D eigenvalue weighted by Gasteiger charge is -2.37. The highest BCUT2D eigenvalue weighted by Crippen LogP contribution is 2.18. The Labute approximate surface area is 109 Å². The van der Waals surface area contributed by atoms with Gasteiger partial charge >= 0.3 is 0 Å². The van der Waals surface area contributed by atoms with Crippen molar-refractivity contribution in [3.8, 4) is 0 Å². The van der Waals surface area contributed by atoms with Gasteiger partial charge in [0.25, 0.3) is 0 Å². The van der Waals surface area contributed by atoms with Crippen LogP contribution in [0.5, 0.6) is 0 Å². The molecule has 96 valence electrons. The van der Waals surface area contributed by atoms with Crippen LogP contribution in [-0.2, 0) is 11.3 Å². The van der Waals surface area contributed by atoms with Crippen LogP contribution < -0.4 is 5.73 Å². The number of rotatable bonds is 6. The maximum Gasteiger partial charge on any atom is 0.0656 e. The third-order valence-electron chi connectivity index (χ3n) is 3.13. The summed E-state index contributed by atoms with van der Waals surface area (Å²) in [6.07, 6.45) is 0. The van der Waals surface area contributed by atoms with Crippen molar-refractivity contribution in [2.75, 3.05) is 27.3 Å². The van der Waals surface area contributed by atoms with E-state index in [1.54, 1.807) is 7.11 Å². The zero-order chi connectivity index (χ0) is 12.9. The summed E-state index contributed by atoms with van der Waals surface area (Å²) in [6.45, 7) is 4.07. The molecule has 3 nitrogen and oxygen atoms in total. The minimum atomic E-state index is -0.156. The van der Waals surface area contributed by atoms with Crippen LogP contribution >= 0.6 is 11.6 Å². The number of nitrogens with two attached hydrogens (primary N) is 1. The molecule has 0 spiro atoms. The standard InChI is InChI=1S/C13H21ClN2O/c1-13(9-15,10-17-3)16(2)8-11-5-4-6-12(14)7-11/h4-7H,8-10,15H2,1-3H3. The van der Waals surface area contributed by atoms with Gasteiger partial charge in [0.15, 0.2) is 0 Å². The Kier molecular flexibility index (Phi) is 5.40. The Morgan fingerprint density at radius 1 is 1.47 bits per heavy atom. The summed E-state index contributed by atoms with van der Waals surface area (Å²) in [5, 5.41) is 0.761. The highest BCUT2D eigenvalue weighted by atomic mass is 35.5. The normalized spacial score (nSPS) is 14.9. The van der Waals surface area contributed by atoms with Crippen molar-refractivity contribution >= 4 is 11.6 Å². The van der Waals surface area contributed by atoms with Crippen LogP contribution in [0.25, 0.3) is 0 Å². The largest absolute Gasteiger partial charge is 0.383 e. The molecule has 4 heteroatoms. The molecule has 0 amide bonds. The highest BCUT2D eigenvalue weighted by molar-refractivity contribution is 6.30. The Morgan fingerprint density at radius 2 is 2.18 bits per heavy atom. The van der Waals surface area contributed by atoms with Gasteiger partial charge in [-0.15, -0.1) is 0 Å². The maximum absolute atomic E-state index is 5.97. The fraction of sp³-hybridized carbons (Fsp3) is 0.538. The number of hydrogen-bond donors (Lipinski definition) is 1. The van der Waals surface area contributed by atoms with Gasteiger partial charge in [0.05, 0.1) is 12.1 Å². The summed E-state index contributed by atoms with van der Waals surface area (Å²) < 4.78 is 5.23. The minimum absolute atomic E-state index is 0.156. The van der Waals surface area contributed by atoms with E-state index in [2.05, 4.69) is 17.9 Å². The first-order valence-electron chi connectivity index (χ1n) is 5.66. The molecule has 0 radical (unpaired) electrons. The molecular weight excluding hydrogens is 236 g/mol. The van der Waals surface area contributed by atoms with Crippen LogP contribution in [0.4, 0.5) is 0 Å². The van der Waals surface area contributed by atoms with Crippen molar-refractivity contribution in [3.05, 3.63) is 34.9 Å². The lowest BCUT2D eigenvalue weighted by atomic mass is 10.0. The van der Waals surface area contributed by atoms with E-state index in [1.807, 2.05) is 25.2 Å². The molecule has 0 bridgehead atoms. The molecule has 0 aliphatic heterocycles. The van der Waals surface area contributed by atoms with Gasteiger partial charge in [0.1, 0.15) is 0 Å². The zero-order valence-corrected chi connectivity index (χ0v) is 11.5. The minimum Gasteiger partial charge on any atom is -0.383 e. The molecule has 0 saturated carbocycles. The molecule has 2 N–H and O–H groups in total. The molecule has 0 aromatic heterocycles. The molecule has 0 saturated heterocycles. The van der Waals surface area contributed by atoms with Crippen molar-refractivity contribution in [1.29, 1.82) is 0 Å². The molecule has 17 heavy (non-hydrogen) atoms. The third kappa shape index (κ3) is 3.96. The number of halogens is 1. The summed E-state index contributed by atoms with van der Waals surface area (Å²) in [5.74, 6) is 0. The van der Waals surface area contributed by atoms with E-state index in [4.69, 9.17) is 22.1 Å². The van der Waals surface area contributed by atoms with Crippen molar-refractivity contribution < 1.29 is 4.74 Å². The summed E-state index contributed by atoms with van der Waals surface area (Å²) in [4.78, 5) is 2.20. The Morgan fingerprint density at radius 3 is 2.71 bits per heavy atom. The summed E-state index contributed by atoms with van der Waals surface area (Å²) in [6, 6.07) is 7.87. The van der Waals surface area contributed by atoms with Crippen molar-refractivity contribution in [2.24, 2.45) is 5.73 Å². The number of likely N-dealkylation sites (N-methyl/N-ethyl adjacent to an activating group) is 1. The smallest absolute Gasteiger partial charge is 0.0656 e. The zero-order valence-electron chi connectivity index (χ0n) is 10.7. The topological polar surface area (TPSA) is 38.5 Å². The van der Waals surface area contributed by atoms with Crippen LogP contribution in [-0.4, -0.2) is 37.7 Å². The summed E-state index contributed by atoms with van der Waals surface area (Å²) in [7, 11) is 3.74. The first-order valence-corrected chi connectivity index (χ1v) is 6.04. The van der Waals surface area contributed by atoms with Gasteiger partial charge in [-0.25, -0.2) is 0 Å². The van der Waals surface area contributed by atoms with E-state index in [1.165, 1.54) is 5.56 Å². The number of methoxy groups -OCH3 is 1. The lowest BCUT2D eigenvalue weighted by molar-refractivity contribution is 0.0391. The maximum atomic E-state index is 5.97. The average molecular weight is 257 g/mol. The summed E-state index contributed by atoms with van der Waals surface area (Å²) >= 11 is 5.97. The lowest BCUT2D eigenvalue weighted by Crippen LogP contribution is -2.52. The van der Waals surface area contributed by atoms with E-state index in [0.717, 1.165) is 11.6 Å². The van der Waals surface area contributed by atoms with Crippen molar-refractivity contribution in [3.63, 3.8) is 0 Å². The van der Waals surface area contributed by atoms with E-state index >= 15 is 0 Å². The number of nitrogens with zero attached hydrogens (tertiary/aromatic N) is 1. The van der Waals surface area contributed by atoms with E-state index in [9.17, 15) is 0 Å². The van der Waals surface area contributed by atoms with E-state index in [-0.39, 0.29) is 5.54 Å². The van der Waals surface area contributed by atoms with Crippen LogP contribution in [0.3, 0.4) is 0 Å². The number of benzene rings is 1. The first kappa shape index (κ1) is 14.5. The second-order valence-corrected chi connectivity index (χ2v) is 5.06. The first-order chi connectivity index (χ1) is 8.01. The number of ether oxygens (including phenoxy) is 1. The molecule has 1 rings (SSSR count). The van der Waals surface area contributed by atoms with Gasteiger partial charge in [0.2, 0.25) is 0 Å². The average Bonchev–Trinajstić information content (AvgIpc) is 2.29. The quantitative estimate of drug-likeness (QED) is 0.848. The van der Waals surface area contributed by atoms with Gasteiger partial charge in [0, 0.05) is 25.2 Å². The molecule has 1 atom stereocenters. The predicted octanol–water partition coefficient (Wildman–Crippen LogP) is 2.14. The third-order valence-corrected chi connectivity index (χ3v) is 3.36. The van der Waals surface area contributed by atoms with Gasteiger partial charge in [-0.2, -0.15) is 0 Å². The fourth-order valence-corrected chi connectivity index (χ4v) is 1.95. The van der Waals surface area contributed by atoms with E-state index in [0.29, 0.717) is 13.2 Å². The molecule has 1 aromatic rings. The van der Waals surface area contributed by atoms with Crippen molar-refractivity contribution in [2.45, 2.75) is 19.0 Å². The Balaban J connectivity index is 2.73. The molecule has 0 fully saturated rings. The van der Waals surface area contributed by atoms with Gasteiger partial charge < -0.3 is 10.5 Å². The SMILES string of the molecule is COCC(C)(CN)N(C)Cc1cccc(Cl)c1. The molecular formula is C13H21ClN2O. The molecule has 0 aliphatic rings. The van der Waals surface area contributed by atoms with Gasteiger partial charge in [-0.1, -0.05) is 23.7 Å². The second kappa shape index (κ2) is 6.36. The number of hydrogen-bond acceptors (Lipinski definition) is 3. The molecule has 0 heterocycles. The summed E-state index contributed by atoms with van der Waals surface area (Å²) in [5.41, 5.74) is 6.85. The predicted molar refractivity (Wildman–Crippen MR) is 72.3 cm³/mol. The second-order valence-electron chi connectivity index (χ2n) is 4.62. The van der Waals surface area contributed by atoms with Crippen LogP contribution in [0, 0.1) is 0 Å². The van der Waals surface area contributed by atoms with Gasteiger partial charge in [-0.05, 0) is 31.7 Å². The van der Waals surface area contributed by atoms with Crippen molar-refractivity contribution in [1.82, 2.24) is 4.90 Å². The fourth-order valence-electron chi connectivity index (χ4n) is 1.74. The van der Waals surface area contributed by atoms with Gasteiger partial charge in [-0.3, -0.25) is 4.90 Å². The molecule has 1 aromatic carbocycles. The molecule has 1 unspecified atom stereocenters.